The Morgan fingerprint density at radius 3 is 2.21 bits per heavy atom. The van der Waals surface area contributed by atoms with Crippen LogP contribution < -0.4 is 10.5 Å². The van der Waals surface area contributed by atoms with Crippen LogP contribution in [0.15, 0.2) is 48.5 Å². The topological polar surface area (TPSA) is 35.2 Å². The Kier molecular flexibility index (Phi) is 3.91. The summed E-state index contributed by atoms with van der Waals surface area (Å²) in [5, 5.41) is 0. The highest BCUT2D eigenvalue weighted by molar-refractivity contribution is 5.36. The molecule has 0 bridgehead atoms. The lowest BCUT2D eigenvalue weighted by atomic mass is 9.87. The van der Waals surface area contributed by atoms with Gasteiger partial charge in [-0.25, -0.2) is 0 Å². The molecule has 2 aromatic rings. The Bertz CT molecular complexity index is 538. The second-order valence-electron chi connectivity index (χ2n) is 5.73. The second kappa shape index (κ2) is 5.45. The minimum atomic E-state index is 0.165. The lowest BCUT2D eigenvalue weighted by Gasteiger charge is -2.19. The summed E-state index contributed by atoms with van der Waals surface area (Å²) < 4.78 is 5.83. The van der Waals surface area contributed by atoms with E-state index in [1.54, 1.807) is 0 Å². The molecule has 0 aliphatic carbocycles. The normalized spacial score (nSPS) is 11.4. The van der Waals surface area contributed by atoms with Gasteiger partial charge in [0, 0.05) is 6.54 Å². The molecule has 2 rings (SSSR count). The zero-order valence-corrected chi connectivity index (χ0v) is 11.8. The Labute approximate surface area is 115 Å². The Balaban J connectivity index is 2.15. The zero-order valence-electron chi connectivity index (χ0n) is 11.8. The summed E-state index contributed by atoms with van der Waals surface area (Å²) in [5.74, 6) is 1.67. The molecule has 0 aliphatic rings. The van der Waals surface area contributed by atoms with Gasteiger partial charge in [0.1, 0.15) is 11.5 Å². The van der Waals surface area contributed by atoms with Crippen molar-refractivity contribution in [2.75, 3.05) is 0 Å². The summed E-state index contributed by atoms with van der Waals surface area (Å²) in [6, 6.07) is 16.1. The van der Waals surface area contributed by atoms with Crippen molar-refractivity contribution >= 4 is 0 Å². The Hall–Kier alpha value is -1.80. The van der Waals surface area contributed by atoms with Gasteiger partial charge in [-0.3, -0.25) is 0 Å². The monoisotopic (exact) mass is 255 g/mol. The molecule has 0 aliphatic heterocycles. The number of ether oxygens (including phenoxy) is 1. The van der Waals surface area contributed by atoms with Crippen molar-refractivity contribution in [3.05, 3.63) is 59.7 Å². The van der Waals surface area contributed by atoms with Gasteiger partial charge >= 0.3 is 0 Å². The van der Waals surface area contributed by atoms with Crippen LogP contribution in [-0.4, -0.2) is 0 Å². The van der Waals surface area contributed by atoms with Crippen LogP contribution in [0.2, 0.25) is 0 Å². The minimum Gasteiger partial charge on any atom is -0.457 e. The Morgan fingerprint density at radius 1 is 0.947 bits per heavy atom. The van der Waals surface area contributed by atoms with E-state index in [1.807, 2.05) is 36.4 Å². The summed E-state index contributed by atoms with van der Waals surface area (Å²) in [5.41, 5.74) is 8.16. The zero-order chi connectivity index (χ0) is 13.9. The predicted molar refractivity (Wildman–Crippen MR) is 79.5 cm³/mol. The van der Waals surface area contributed by atoms with Crippen LogP contribution in [0.3, 0.4) is 0 Å². The number of rotatable bonds is 3. The van der Waals surface area contributed by atoms with E-state index >= 15 is 0 Å². The van der Waals surface area contributed by atoms with Crippen molar-refractivity contribution < 1.29 is 4.74 Å². The molecule has 0 spiro atoms. The number of hydrogen-bond acceptors (Lipinski definition) is 2. The van der Waals surface area contributed by atoms with Crippen LogP contribution in [0.1, 0.15) is 31.9 Å². The first-order valence-corrected chi connectivity index (χ1v) is 6.56. The molecular weight excluding hydrogens is 234 g/mol. The number of nitrogens with two attached hydrogens (primary N) is 1. The van der Waals surface area contributed by atoms with Crippen LogP contribution in [-0.2, 0) is 12.0 Å². The number of hydrogen-bond donors (Lipinski definition) is 1. The summed E-state index contributed by atoms with van der Waals surface area (Å²) in [6.07, 6.45) is 0. The highest BCUT2D eigenvalue weighted by Crippen LogP contribution is 2.27. The molecular formula is C17H21NO. The first kappa shape index (κ1) is 13.6. The van der Waals surface area contributed by atoms with Gasteiger partial charge in [0.2, 0.25) is 0 Å². The van der Waals surface area contributed by atoms with E-state index in [0.717, 1.165) is 17.1 Å². The lowest BCUT2D eigenvalue weighted by Crippen LogP contribution is -2.10. The molecule has 0 heterocycles. The van der Waals surface area contributed by atoms with Gasteiger partial charge in [-0.1, -0.05) is 45.0 Å². The van der Waals surface area contributed by atoms with Gasteiger partial charge in [0.05, 0.1) is 0 Å². The highest BCUT2D eigenvalue weighted by atomic mass is 16.5. The third-order valence-corrected chi connectivity index (χ3v) is 3.09. The fourth-order valence-electron chi connectivity index (χ4n) is 1.90. The molecule has 2 heteroatoms. The maximum atomic E-state index is 5.83. The van der Waals surface area contributed by atoms with Crippen LogP contribution in [0, 0.1) is 0 Å². The molecule has 2 N–H and O–H groups in total. The molecule has 0 saturated heterocycles. The average Bonchev–Trinajstić information content (AvgIpc) is 2.38. The first-order valence-electron chi connectivity index (χ1n) is 6.56. The third-order valence-electron chi connectivity index (χ3n) is 3.09. The molecule has 100 valence electrons. The average molecular weight is 255 g/mol. The summed E-state index contributed by atoms with van der Waals surface area (Å²) >= 11 is 0. The van der Waals surface area contributed by atoms with Crippen molar-refractivity contribution in [1.82, 2.24) is 0 Å². The molecule has 0 unspecified atom stereocenters. The highest BCUT2D eigenvalue weighted by Gasteiger charge is 2.13. The van der Waals surface area contributed by atoms with E-state index in [2.05, 4.69) is 32.9 Å². The van der Waals surface area contributed by atoms with Crippen LogP contribution in [0.5, 0.6) is 11.5 Å². The standard InChI is InChI=1S/C17H21NO/c1-17(2,3)14-7-9-15(10-8-14)19-16-6-4-5-13(11-16)12-18/h4-11H,12,18H2,1-3H3. The van der Waals surface area contributed by atoms with Gasteiger partial charge in [0.25, 0.3) is 0 Å². The van der Waals surface area contributed by atoms with E-state index in [1.165, 1.54) is 5.56 Å². The van der Waals surface area contributed by atoms with Crippen LogP contribution in [0.4, 0.5) is 0 Å². The molecule has 0 amide bonds. The Morgan fingerprint density at radius 2 is 1.63 bits per heavy atom. The minimum absolute atomic E-state index is 0.165. The van der Waals surface area contributed by atoms with E-state index in [4.69, 9.17) is 10.5 Å². The molecule has 2 aromatic carbocycles. The van der Waals surface area contributed by atoms with Crippen molar-refractivity contribution in [3.8, 4) is 11.5 Å². The molecule has 0 aromatic heterocycles. The van der Waals surface area contributed by atoms with E-state index < -0.39 is 0 Å². The van der Waals surface area contributed by atoms with Crippen molar-refractivity contribution in [3.63, 3.8) is 0 Å². The quantitative estimate of drug-likeness (QED) is 0.890. The first-order chi connectivity index (χ1) is 8.99. The lowest BCUT2D eigenvalue weighted by molar-refractivity contribution is 0.480. The molecule has 19 heavy (non-hydrogen) atoms. The second-order valence-corrected chi connectivity index (χ2v) is 5.73. The predicted octanol–water partition coefficient (Wildman–Crippen LogP) is 4.24. The maximum absolute atomic E-state index is 5.83. The van der Waals surface area contributed by atoms with E-state index in [9.17, 15) is 0 Å². The van der Waals surface area contributed by atoms with Crippen molar-refractivity contribution in [1.29, 1.82) is 0 Å². The smallest absolute Gasteiger partial charge is 0.127 e. The largest absolute Gasteiger partial charge is 0.457 e. The van der Waals surface area contributed by atoms with E-state index in [-0.39, 0.29) is 5.41 Å². The summed E-state index contributed by atoms with van der Waals surface area (Å²) in [7, 11) is 0. The SMILES string of the molecule is CC(C)(C)c1ccc(Oc2cccc(CN)c2)cc1. The maximum Gasteiger partial charge on any atom is 0.127 e. The molecule has 0 saturated carbocycles. The van der Waals surface area contributed by atoms with Crippen molar-refractivity contribution in [2.24, 2.45) is 5.73 Å². The van der Waals surface area contributed by atoms with Gasteiger partial charge in [-0.2, -0.15) is 0 Å². The fraction of sp³-hybridized carbons (Fsp3) is 0.294. The van der Waals surface area contributed by atoms with Crippen LogP contribution in [0.25, 0.3) is 0 Å². The van der Waals surface area contributed by atoms with Gasteiger partial charge in [0.15, 0.2) is 0 Å². The van der Waals surface area contributed by atoms with E-state index in [0.29, 0.717) is 6.54 Å². The fourth-order valence-corrected chi connectivity index (χ4v) is 1.90. The van der Waals surface area contributed by atoms with Gasteiger partial charge < -0.3 is 10.5 Å². The molecule has 0 radical (unpaired) electrons. The number of benzene rings is 2. The summed E-state index contributed by atoms with van der Waals surface area (Å²) in [6.45, 7) is 7.13. The summed E-state index contributed by atoms with van der Waals surface area (Å²) in [4.78, 5) is 0. The van der Waals surface area contributed by atoms with Gasteiger partial charge in [-0.05, 0) is 40.8 Å². The molecule has 2 nitrogen and oxygen atoms in total. The molecule has 0 atom stereocenters. The van der Waals surface area contributed by atoms with Crippen molar-refractivity contribution in [2.45, 2.75) is 32.7 Å². The molecule has 0 fully saturated rings. The van der Waals surface area contributed by atoms with Crippen LogP contribution >= 0.6 is 0 Å². The van der Waals surface area contributed by atoms with Gasteiger partial charge in [-0.15, -0.1) is 0 Å². The third kappa shape index (κ3) is 3.58.